The van der Waals surface area contributed by atoms with Gasteiger partial charge in [-0.1, -0.05) is 0 Å². The van der Waals surface area contributed by atoms with Crippen molar-refractivity contribution in [1.82, 2.24) is 9.78 Å². The normalized spacial score (nSPS) is 10.1. The molecule has 0 bridgehead atoms. The summed E-state index contributed by atoms with van der Waals surface area (Å²) < 4.78 is 11.0. The van der Waals surface area contributed by atoms with Crippen LogP contribution in [0, 0.1) is 0 Å². The number of carbonyl (C=O) groups is 1. The van der Waals surface area contributed by atoms with Gasteiger partial charge >= 0.3 is 5.97 Å². The van der Waals surface area contributed by atoms with Gasteiger partial charge in [-0.05, 0) is 0 Å². The number of methoxy groups -OCH3 is 1. The lowest BCUT2D eigenvalue weighted by Crippen LogP contribution is -2.16. The Morgan fingerprint density at radius 2 is 2.43 bits per heavy atom. The molecule has 0 aromatic carbocycles. The maximum atomic E-state index is 11.1. The summed E-state index contributed by atoms with van der Waals surface area (Å²) >= 11 is 0. The molecule has 0 radical (unpaired) electrons. The molecule has 6 heteroatoms. The number of carbonyl (C=O) groups excluding carboxylic acids is 1. The zero-order chi connectivity index (χ0) is 10.4. The molecule has 0 saturated carbocycles. The smallest absolute Gasteiger partial charge is 0.327 e. The number of nitrogens with two attached hydrogens (primary N) is 1. The third-order valence-corrected chi connectivity index (χ3v) is 1.49. The van der Waals surface area contributed by atoms with E-state index in [-0.39, 0.29) is 19.1 Å². The van der Waals surface area contributed by atoms with E-state index in [0.29, 0.717) is 12.3 Å². The summed E-state index contributed by atoms with van der Waals surface area (Å²) in [5.74, 6) is -0.356. The monoisotopic (exact) mass is 199 g/mol. The number of rotatable bonds is 5. The Labute approximate surface area is 81.6 Å². The van der Waals surface area contributed by atoms with E-state index in [1.807, 2.05) is 0 Å². The maximum Gasteiger partial charge on any atom is 0.327 e. The molecule has 0 unspecified atom stereocenters. The third-order valence-electron chi connectivity index (χ3n) is 1.49. The van der Waals surface area contributed by atoms with E-state index in [4.69, 9.17) is 15.2 Å². The summed E-state index contributed by atoms with van der Waals surface area (Å²) in [6.07, 6.45) is 3.04. The molecule has 14 heavy (non-hydrogen) atoms. The Hall–Kier alpha value is -1.56. The number of esters is 1. The van der Waals surface area contributed by atoms with Crippen LogP contribution in [0.2, 0.25) is 0 Å². The Bertz CT molecular complexity index is 298. The van der Waals surface area contributed by atoms with E-state index >= 15 is 0 Å². The number of hydrogen-bond donors (Lipinski definition) is 1. The first-order chi connectivity index (χ1) is 6.72. The van der Waals surface area contributed by atoms with Gasteiger partial charge in [-0.25, -0.2) is 0 Å². The lowest BCUT2D eigenvalue weighted by atomic mass is 10.6. The minimum atomic E-state index is -0.356. The highest BCUT2D eigenvalue weighted by atomic mass is 16.6. The predicted molar refractivity (Wildman–Crippen MR) is 49.5 cm³/mol. The van der Waals surface area contributed by atoms with Gasteiger partial charge in [-0.3, -0.25) is 9.48 Å². The molecular formula is C8H13N3O3. The minimum Gasteiger partial charge on any atom is -0.462 e. The van der Waals surface area contributed by atoms with E-state index in [1.54, 1.807) is 13.3 Å². The standard InChI is InChI=1S/C8H13N3O3/c1-13-2-3-14-8(12)6-11-5-7(9)4-10-11/h4-5H,2-3,6,9H2,1H3. The van der Waals surface area contributed by atoms with Crippen LogP contribution in [0.3, 0.4) is 0 Å². The van der Waals surface area contributed by atoms with Gasteiger partial charge in [-0.15, -0.1) is 0 Å². The van der Waals surface area contributed by atoms with Crippen LogP contribution in [0.5, 0.6) is 0 Å². The van der Waals surface area contributed by atoms with Crippen molar-refractivity contribution >= 4 is 11.7 Å². The molecule has 0 aliphatic carbocycles. The zero-order valence-electron chi connectivity index (χ0n) is 7.97. The van der Waals surface area contributed by atoms with Crippen LogP contribution in [0.4, 0.5) is 5.69 Å². The molecule has 0 atom stereocenters. The highest BCUT2D eigenvalue weighted by molar-refractivity contribution is 5.69. The van der Waals surface area contributed by atoms with Crippen molar-refractivity contribution in [3.8, 4) is 0 Å². The SMILES string of the molecule is COCCOC(=O)Cn1cc(N)cn1. The summed E-state index contributed by atoms with van der Waals surface area (Å²) in [5, 5.41) is 3.84. The van der Waals surface area contributed by atoms with Gasteiger partial charge in [0.25, 0.3) is 0 Å². The summed E-state index contributed by atoms with van der Waals surface area (Å²) in [6, 6.07) is 0. The first-order valence-corrected chi connectivity index (χ1v) is 4.15. The number of nitrogens with zero attached hydrogens (tertiary/aromatic N) is 2. The molecule has 0 fully saturated rings. The maximum absolute atomic E-state index is 11.1. The van der Waals surface area contributed by atoms with E-state index < -0.39 is 0 Å². The van der Waals surface area contributed by atoms with Gasteiger partial charge in [0.15, 0.2) is 0 Å². The molecule has 1 aromatic heterocycles. The number of anilines is 1. The fourth-order valence-electron chi connectivity index (χ4n) is 0.883. The molecule has 0 amide bonds. The lowest BCUT2D eigenvalue weighted by Gasteiger charge is -2.03. The molecule has 0 saturated heterocycles. The fourth-order valence-corrected chi connectivity index (χ4v) is 0.883. The molecule has 1 heterocycles. The second-order valence-electron chi connectivity index (χ2n) is 2.68. The highest BCUT2D eigenvalue weighted by Gasteiger charge is 2.04. The average Bonchev–Trinajstić information content (AvgIpc) is 2.52. The van der Waals surface area contributed by atoms with Crippen molar-refractivity contribution in [2.24, 2.45) is 0 Å². The van der Waals surface area contributed by atoms with Crippen LogP contribution in [0.15, 0.2) is 12.4 Å². The van der Waals surface area contributed by atoms with Crippen molar-refractivity contribution in [3.05, 3.63) is 12.4 Å². The lowest BCUT2D eigenvalue weighted by molar-refractivity contribution is -0.145. The molecule has 0 aliphatic rings. The first-order valence-electron chi connectivity index (χ1n) is 4.15. The Kier molecular flexibility index (Phi) is 3.93. The highest BCUT2D eigenvalue weighted by Crippen LogP contribution is 1.97. The van der Waals surface area contributed by atoms with Crippen molar-refractivity contribution in [3.63, 3.8) is 0 Å². The molecule has 2 N–H and O–H groups in total. The molecule has 1 rings (SSSR count). The number of ether oxygens (including phenoxy) is 2. The summed E-state index contributed by atoms with van der Waals surface area (Å²) in [4.78, 5) is 11.1. The van der Waals surface area contributed by atoms with E-state index in [2.05, 4.69) is 5.10 Å². The first kappa shape index (κ1) is 10.5. The van der Waals surface area contributed by atoms with Crippen molar-refractivity contribution < 1.29 is 14.3 Å². The summed E-state index contributed by atoms with van der Waals surface area (Å²) in [6.45, 7) is 0.722. The van der Waals surface area contributed by atoms with Crippen LogP contribution < -0.4 is 5.73 Å². The van der Waals surface area contributed by atoms with Gasteiger partial charge in [-0.2, -0.15) is 5.10 Å². The van der Waals surface area contributed by atoms with Crippen molar-refractivity contribution in [2.75, 3.05) is 26.1 Å². The molecular weight excluding hydrogens is 186 g/mol. The van der Waals surface area contributed by atoms with E-state index in [0.717, 1.165) is 0 Å². The number of hydrogen-bond acceptors (Lipinski definition) is 5. The predicted octanol–water partition coefficient (Wildman–Crippen LogP) is -0.345. The quantitative estimate of drug-likeness (QED) is 0.518. The van der Waals surface area contributed by atoms with E-state index in [1.165, 1.54) is 10.9 Å². The van der Waals surface area contributed by atoms with Crippen LogP contribution >= 0.6 is 0 Å². The second kappa shape index (κ2) is 5.23. The second-order valence-corrected chi connectivity index (χ2v) is 2.68. The largest absolute Gasteiger partial charge is 0.462 e. The van der Waals surface area contributed by atoms with Crippen molar-refractivity contribution in [2.45, 2.75) is 6.54 Å². The van der Waals surface area contributed by atoms with Gasteiger partial charge in [0.1, 0.15) is 13.2 Å². The minimum absolute atomic E-state index is 0.0704. The number of aromatic nitrogens is 2. The topological polar surface area (TPSA) is 79.4 Å². The summed E-state index contributed by atoms with van der Waals surface area (Å²) in [5.41, 5.74) is 5.94. The number of nitrogen functional groups attached to an aromatic ring is 1. The van der Waals surface area contributed by atoms with Crippen molar-refractivity contribution in [1.29, 1.82) is 0 Å². The Morgan fingerprint density at radius 3 is 3.00 bits per heavy atom. The summed E-state index contributed by atoms with van der Waals surface area (Å²) in [7, 11) is 1.54. The average molecular weight is 199 g/mol. The molecule has 0 spiro atoms. The Morgan fingerprint density at radius 1 is 1.64 bits per heavy atom. The zero-order valence-corrected chi connectivity index (χ0v) is 7.97. The van der Waals surface area contributed by atoms with E-state index in [9.17, 15) is 4.79 Å². The van der Waals surface area contributed by atoms with Gasteiger partial charge in [0.05, 0.1) is 18.5 Å². The molecule has 78 valence electrons. The third kappa shape index (κ3) is 3.44. The molecule has 6 nitrogen and oxygen atoms in total. The van der Waals surface area contributed by atoms with Gasteiger partial charge in [0, 0.05) is 13.3 Å². The van der Waals surface area contributed by atoms with Crippen LogP contribution in [0.1, 0.15) is 0 Å². The molecule has 1 aromatic rings. The van der Waals surface area contributed by atoms with Gasteiger partial charge < -0.3 is 15.2 Å². The van der Waals surface area contributed by atoms with Gasteiger partial charge in [0.2, 0.25) is 0 Å². The van der Waals surface area contributed by atoms with Crippen LogP contribution in [0.25, 0.3) is 0 Å². The van der Waals surface area contributed by atoms with Crippen LogP contribution in [-0.4, -0.2) is 36.1 Å². The fraction of sp³-hybridized carbons (Fsp3) is 0.500. The Balaban J connectivity index is 2.27. The van der Waals surface area contributed by atoms with Crippen LogP contribution in [-0.2, 0) is 20.8 Å². The molecule has 0 aliphatic heterocycles.